The standard InChI is InChI=1S/C55H93N5O12/c1-13-38(6)51(47(69-11)33-48(64)60-28-20-27-45(60)53(70-12)39(7)54(67)57-40(8)52(66)41-22-16-14-17-23-41)59(10)55(68)44(36(2)3)32-46(63)50(37(4)5)58(9)49(65)35-72-31-30-71-29-21-26-42(61)24-18-15-19-25-43(62)34-56/h14,16-17,22-23,36-40,44-45,47,50-53,66H,13,15,18-21,24-35,56H2,1-12H3,(H,57,67)/t38-,39+,40+,44-,45-,47+,50?,51-,52+,53+/m0/s1. The summed E-state index contributed by atoms with van der Waals surface area (Å²) in [4.78, 5) is 98.5. The van der Waals surface area contributed by atoms with Crippen molar-refractivity contribution in [3.05, 3.63) is 35.9 Å². The maximum atomic E-state index is 14.7. The molecule has 72 heavy (non-hydrogen) atoms. The molecule has 17 nitrogen and oxygen atoms in total. The number of likely N-dealkylation sites (tertiary alicyclic amines) is 1. The molecule has 1 aliphatic rings. The quantitative estimate of drug-likeness (QED) is 0.0680. The van der Waals surface area contributed by atoms with E-state index in [-0.39, 0.29) is 104 Å². The lowest BCUT2D eigenvalue weighted by atomic mass is 9.83. The van der Waals surface area contributed by atoms with Gasteiger partial charge in [-0.1, -0.05) is 91.6 Å². The fourth-order valence-electron chi connectivity index (χ4n) is 9.98. The molecule has 4 N–H and O–H groups in total. The highest BCUT2D eigenvalue weighted by molar-refractivity contribution is 5.93. The summed E-state index contributed by atoms with van der Waals surface area (Å²) < 4.78 is 23.3. The van der Waals surface area contributed by atoms with Gasteiger partial charge in [-0.15, -0.1) is 0 Å². The summed E-state index contributed by atoms with van der Waals surface area (Å²) in [6, 6.07) is 6.84. The van der Waals surface area contributed by atoms with Gasteiger partial charge < -0.3 is 49.8 Å². The molecule has 1 unspecified atom stereocenters. The summed E-state index contributed by atoms with van der Waals surface area (Å²) in [5.41, 5.74) is 6.02. The van der Waals surface area contributed by atoms with E-state index in [0.717, 1.165) is 25.7 Å². The van der Waals surface area contributed by atoms with Crippen LogP contribution in [0.15, 0.2) is 30.3 Å². The predicted molar refractivity (Wildman–Crippen MR) is 278 cm³/mol. The maximum Gasteiger partial charge on any atom is 0.248 e. The Balaban J connectivity index is 2.05. The number of ketones is 3. The zero-order valence-corrected chi connectivity index (χ0v) is 45.9. The highest BCUT2D eigenvalue weighted by Crippen LogP contribution is 2.31. The summed E-state index contributed by atoms with van der Waals surface area (Å²) >= 11 is 0. The minimum atomic E-state index is -0.907. The van der Waals surface area contributed by atoms with Gasteiger partial charge in [0, 0.05) is 73.1 Å². The first-order valence-corrected chi connectivity index (χ1v) is 26.5. The number of rotatable bonds is 37. The van der Waals surface area contributed by atoms with Crippen LogP contribution in [0.2, 0.25) is 0 Å². The highest BCUT2D eigenvalue weighted by Gasteiger charge is 2.44. The van der Waals surface area contributed by atoms with Gasteiger partial charge in [-0.25, -0.2) is 0 Å². The van der Waals surface area contributed by atoms with Crippen molar-refractivity contribution >= 4 is 41.0 Å². The molecule has 1 aliphatic heterocycles. The fourth-order valence-corrected chi connectivity index (χ4v) is 9.98. The molecule has 1 saturated heterocycles. The van der Waals surface area contributed by atoms with Crippen molar-refractivity contribution in [3.8, 4) is 0 Å². The van der Waals surface area contributed by atoms with Crippen LogP contribution < -0.4 is 11.1 Å². The van der Waals surface area contributed by atoms with Crippen LogP contribution in [-0.4, -0.2) is 165 Å². The zero-order valence-electron chi connectivity index (χ0n) is 45.9. The second kappa shape index (κ2) is 33.6. The number of methoxy groups -OCH3 is 2. The monoisotopic (exact) mass is 1020 g/mol. The molecule has 1 heterocycles. The number of carbonyl (C=O) groups is 7. The van der Waals surface area contributed by atoms with Crippen molar-refractivity contribution in [1.82, 2.24) is 20.0 Å². The van der Waals surface area contributed by atoms with Crippen molar-refractivity contribution in [2.75, 3.05) is 67.8 Å². The van der Waals surface area contributed by atoms with Gasteiger partial charge in [0.1, 0.15) is 18.2 Å². The molecule has 0 saturated carbocycles. The number of hydrogen-bond donors (Lipinski definition) is 3. The number of nitrogens with zero attached hydrogens (tertiary/aromatic N) is 3. The number of benzene rings is 1. The molecule has 2 rings (SSSR count). The average Bonchev–Trinajstić information content (AvgIpc) is 3.85. The van der Waals surface area contributed by atoms with Gasteiger partial charge in [0.15, 0.2) is 5.78 Å². The Bertz CT molecular complexity index is 1820. The molecule has 1 fully saturated rings. The number of aliphatic hydroxyl groups excluding tert-OH is 1. The molecule has 0 radical (unpaired) electrons. The molecule has 0 spiro atoms. The number of amides is 4. The van der Waals surface area contributed by atoms with Crippen LogP contribution in [0.1, 0.15) is 144 Å². The largest absolute Gasteiger partial charge is 0.386 e. The van der Waals surface area contributed by atoms with E-state index in [0.29, 0.717) is 57.2 Å². The minimum Gasteiger partial charge on any atom is -0.386 e. The minimum absolute atomic E-state index is 0.0251. The van der Waals surface area contributed by atoms with E-state index in [1.54, 1.807) is 49.9 Å². The van der Waals surface area contributed by atoms with Crippen molar-refractivity contribution in [3.63, 3.8) is 0 Å². The van der Waals surface area contributed by atoms with E-state index in [4.69, 9.17) is 24.7 Å². The second-order valence-electron chi connectivity index (χ2n) is 20.6. The first-order chi connectivity index (χ1) is 34.2. The molecule has 17 heteroatoms. The smallest absolute Gasteiger partial charge is 0.248 e. The Morgan fingerprint density at radius 2 is 1.42 bits per heavy atom. The SMILES string of the molecule is CC[C@H](C)[C@@H]([C@@H](CC(=O)N1CCC[C@H]1[C@H](OC)[C@@H](C)C(=O)N[C@H](C)[C@@H](O)c1ccccc1)OC)N(C)C(=O)[C@@H](CC(=O)C(C(C)C)N(C)C(=O)COCCOCCCC(=O)CCCCCC(=O)CN)C(C)C. The molecule has 410 valence electrons. The highest BCUT2D eigenvalue weighted by atomic mass is 16.5. The Hall–Kier alpha value is -4.13. The summed E-state index contributed by atoms with van der Waals surface area (Å²) in [6.45, 7) is 16.1. The summed E-state index contributed by atoms with van der Waals surface area (Å²) in [7, 11) is 6.36. The number of unbranched alkanes of at least 4 members (excludes halogenated alkanes) is 2. The average molecular weight is 1020 g/mol. The summed E-state index contributed by atoms with van der Waals surface area (Å²) in [6.07, 6.45) is 3.93. The van der Waals surface area contributed by atoms with Crippen molar-refractivity contribution < 1.29 is 57.6 Å². The lowest BCUT2D eigenvalue weighted by Gasteiger charge is -2.41. The van der Waals surface area contributed by atoms with E-state index in [2.05, 4.69) is 5.32 Å². The van der Waals surface area contributed by atoms with E-state index in [9.17, 15) is 38.7 Å². The molecule has 0 bridgehead atoms. The lowest BCUT2D eigenvalue weighted by Crippen LogP contribution is -2.55. The molecule has 1 aromatic rings. The number of nitrogens with one attached hydrogen (secondary N) is 1. The van der Waals surface area contributed by atoms with Gasteiger partial charge in [-0.2, -0.15) is 0 Å². The van der Waals surface area contributed by atoms with E-state index < -0.39 is 48.3 Å². The van der Waals surface area contributed by atoms with Crippen LogP contribution in [0, 0.1) is 29.6 Å². The van der Waals surface area contributed by atoms with Crippen molar-refractivity contribution in [2.24, 2.45) is 35.3 Å². The van der Waals surface area contributed by atoms with Crippen LogP contribution in [0.5, 0.6) is 0 Å². The van der Waals surface area contributed by atoms with E-state index in [1.165, 1.54) is 19.1 Å². The van der Waals surface area contributed by atoms with Gasteiger partial charge >= 0.3 is 0 Å². The van der Waals surface area contributed by atoms with Gasteiger partial charge in [0.05, 0.1) is 74.6 Å². The van der Waals surface area contributed by atoms with E-state index in [1.807, 2.05) is 59.7 Å². The number of carbonyl (C=O) groups excluding carboxylic acids is 7. The van der Waals surface area contributed by atoms with Gasteiger partial charge in [-0.3, -0.25) is 33.6 Å². The number of hydrogen-bond acceptors (Lipinski definition) is 13. The second-order valence-corrected chi connectivity index (χ2v) is 20.6. The van der Waals surface area contributed by atoms with Crippen molar-refractivity contribution in [1.29, 1.82) is 0 Å². The van der Waals surface area contributed by atoms with Crippen molar-refractivity contribution in [2.45, 2.75) is 175 Å². The van der Waals surface area contributed by atoms with Gasteiger partial charge in [-0.05, 0) is 62.3 Å². The van der Waals surface area contributed by atoms with Crippen LogP contribution in [0.3, 0.4) is 0 Å². The normalized spacial score (nSPS) is 17.6. The summed E-state index contributed by atoms with van der Waals surface area (Å²) in [5.74, 6) is -3.09. The Morgan fingerprint density at radius 3 is 2.00 bits per heavy atom. The van der Waals surface area contributed by atoms with Crippen LogP contribution >= 0.6 is 0 Å². The van der Waals surface area contributed by atoms with Crippen LogP contribution in [0.4, 0.5) is 0 Å². The number of likely N-dealkylation sites (N-methyl/N-ethyl adjacent to an activating group) is 2. The third kappa shape index (κ3) is 20.3. The molecular weight excluding hydrogens is 923 g/mol. The van der Waals surface area contributed by atoms with Crippen LogP contribution in [0.25, 0.3) is 0 Å². The zero-order chi connectivity index (χ0) is 54.1. The third-order valence-electron chi connectivity index (χ3n) is 14.5. The van der Waals surface area contributed by atoms with Gasteiger partial charge in [0.2, 0.25) is 23.6 Å². The van der Waals surface area contributed by atoms with Crippen LogP contribution in [-0.2, 0) is 52.5 Å². The Labute approximate surface area is 431 Å². The first-order valence-electron chi connectivity index (χ1n) is 26.5. The summed E-state index contributed by atoms with van der Waals surface area (Å²) in [5, 5.41) is 13.9. The molecule has 0 aromatic heterocycles. The fraction of sp³-hybridized carbons (Fsp3) is 0.764. The number of aliphatic hydroxyl groups is 1. The molecule has 1 aromatic carbocycles. The van der Waals surface area contributed by atoms with Gasteiger partial charge in [0.25, 0.3) is 0 Å². The Kier molecular flexibility index (Phi) is 29.9. The third-order valence-corrected chi connectivity index (χ3v) is 14.5. The maximum absolute atomic E-state index is 14.7. The molecule has 0 aliphatic carbocycles. The number of ether oxygens (including phenoxy) is 4. The molecule has 10 atom stereocenters. The van der Waals surface area contributed by atoms with E-state index >= 15 is 0 Å². The molecular formula is C55H93N5O12. The topological polar surface area (TPSA) is 224 Å². The first kappa shape index (κ1) is 64.0. The number of nitrogens with two attached hydrogens (primary N) is 1. The Morgan fingerprint density at radius 1 is 0.792 bits per heavy atom. The predicted octanol–water partition coefficient (Wildman–Crippen LogP) is 5.72. The molecule has 4 amide bonds. The lowest BCUT2D eigenvalue weighted by molar-refractivity contribution is -0.150. The number of Topliss-reactive ketones (excluding diaryl/α,β-unsaturated/α-hetero) is 3.